The van der Waals surface area contributed by atoms with Crippen LogP contribution in [0.3, 0.4) is 0 Å². The molecule has 0 unspecified atom stereocenters. The Morgan fingerprint density at radius 2 is 2.00 bits per heavy atom. The van der Waals surface area contributed by atoms with E-state index in [1.807, 2.05) is 0 Å². The van der Waals surface area contributed by atoms with Crippen molar-refractivity contribution in [2.75, 3.05) is 0 Å². The summed E-state index contributed by atoms with van der Waals surface area (Å²) in [5.41, 5.74) is 0.255. The summed E-state index contributed by atoms with van der Waals surface area (Å²) in [6.45, 7) is -1.54. The number of aryl methyl sites for hydroxylation is 1. The molecule has 0 spiro atoms. The number of ether oxygens (including phenoxy) is 1. The van der Waals surface area contributed by atoms with Crippen LogP contribution in [-0.2, 0) is 0 Å². The van der Waals surface area contributed by atoms with E-state index in [4.69, 9.17) is 0 Å². The highest BCUT2D eigenvalue weighted by atomic mass is 79.9. The summed E-state index contributed by atoms with van der Waals surface area (Å²) in [6.07, 6.45) is 0. The van der Waals surface area contributed by atoms with Crippen LogP contribution in [0.2, 0.25) is 0 Å². The fourth-order valence-electron chi connectivity index (χ4n) is 0.877. The van der Waals surface area contributed by atoms with Gasteiger partial charge in [-0.05, 0) is 24.6 Å². The largest absolute Gasteiger partial charge is 0.432 e. The molecule has 0 atom stereocenters. The highest BCUT2D eigenvalue weighted by Gasteiger charge is 2.12. The second-order valence-corrected chi connectivity index (χ2v) is 3.33. The predicted octanol–water partition coefficient (Wildman–Crippen LogP) is 3.50. The van der Waals surface area contributed by atoms with Crippen molar-refractivity contribution < 1.29 is 17.9 Å². The molecule has 0 fully saturated rings. The Labute approximate surface area is 81.6 Å². The monoisotopic (exact) mass is 254 g/mol. The van der Waals surface area contributed by atoms with E-state index < -0.39 is 18.2 Å². The van der Waals surface area contributed by atoms with E-state index in [0.717, 1.165) is 6.07 Å². The first kappa shape index (κ1) is 10.4. The lowest BCUT2D eigenvalue weighted by Gasteiger charge is -2.07. The van der Waals surface area contributed by atoms with Gasteiger partial charge in [0.05, 0.1) is 0 Å². The summed E-state index contributed by atoms with van der Waals surface area (Å²) in [4.78, 5) is 0. The molecule has 0 N–H and O–H groups in total. The standard InChI is InChI=1S/C8H6BrF3O/c1-4-2-5(9)3-6(7(4)10)13-8(11)12/h2-3,8H,1H3. The molecule has 1 rings (SSSR count). The Kier molecular flexibility index (Phi) is 3.19. The van der Waals surface area contributed by atoms with E-state index in [9.17, 15) is 13.2 Å². The Balaban J connectivity index is 3.05. The van der Waals surface area contributed by atoms with Gasteiger partial charge in [-0.25, -0.2) is 4.39 Å². The summed E-state index contributed by atoms with van der Waals surface area (Å²) in [5, 5.41) is 0. The zero-order valence-corrected chi connectivity index (χ0v) is 8.24. The first-order valence-electron chi connectivity index (χ1n) is 3.41. The molecule has 0 saturated carbocycles. The van der Waals surface area contributed by atoms with Crippen molar-refractivity contribution in [3.63, 3.8) is 0 Å². The van der Waals surface area contributed by atoms with Crippen LogP contribution >= 0.6 is 15.9 Å². The molecule has 0 aliphatic rings. The molecule has 0 radical (unpaired) electrons. The van der Waals surface area contributed by atoms with Crippen LogP contribution in [0.25, 0.3) is 0 Å². The SMILES string of the molecule is Cc1cc(Br)cc(OC(F)F)c1F. The second-order valence-electron chi connectivity index (χ2n) is 2.41. The van der Waals surface area contributed by atoms with Gasteiger partial charge in [0, 0.05) is 4.47 Å². The average molecular weight is 255 g/mol. The zero-order valence-electron chi connectivity index (χ0n) is 6.65. The Morgan fingerprint density at radius 3 is 2.54 bits per heavy atom. The number of benzene rings is 1. The van der Waals surface area contributed by atoms with E-state index in [-0.39, 0.29) is 5.56 Å². The third-order valence-electron chi connectivity index (χ3n) is 1.40. The van der Waals surface area contributed by atoms with Gasteiger partial charge in [-0.2, -0.15) is 8.78 Å². The molecular formula is C8H6BrF3O. The summed E-state index contributed by atoms with van der Waals surface area (Å²) in [5.74, 6) is -1.20. The third-order valence-corrected chi connectivity index (χ3v) is 1.86. The highest BCUT2D eigenvalue weighted by molar-refractivity contribution is 9.10. The minimum atomic E-state index is -3.01. The van der Waals surface area contributed by atoms with E-state index >= 15 is 0 Å². The van der Waals surface area contributed by atoms with Gasteiger partial charge in [0.15, 0.2) is 11.6 Å². The Bertz CT molecular complexity index is 315. The van der Waals surface area contributed by atoms with Gasteiger partial charge < -0.3 is 4.74 Å². The van der Waals surface area contributed by atoms with Gasteiger partial charge in [0.2, 0.25) is 0 Å². The summed E-state index contributed by atoms with van der Waals surface area (Å²) in [6, 6.07) is 2.64. The van der Waals surface area contributed by atoms with Gasteiger partial charge in [0.25, 0.3) is 0 Å². The molecule has 1 nitrogen and oxygen atoms in total. The van der Waals surface area contributed by atoms with Crippen molar-refractivity contribution in [2.24, 2.45) is 0 Å². The first-order chi connectivity index (χ1) is 6.00. The van der Waals surface area contributed by atoms with Gasteiger partial charge in [-0.15, -0.1) is 0 Å². The highest BCUT2D eigenvalue weighted by Crippen LogP contribution is 2.26. The van der Waals surface area contributed by atoms with Crippen LogP contribution in [0.15, 0.2) is 16.6 Å². The quantitative estimate of drug-likeness (QED) is 0.785. The van der Waals surface area contributed by atoms with Gasteiger partial charge in [0.1, 0.15) is 0 Å². The molecule has 0 aliphatic heterocycles. The van der Waals surface area contributed by atoms with Crippen molar-refractivity contribution in [2.45, 2.75) is 13.5 Å². The maximum absolute atomic E-state index is 13.1. The molecule has 0 heterocycles. The molecule has 0 bridgehead atoms. The van der Waals surface area contributed by atoms with E-state index in [1.54, 1.807) is 0 Å². The normalized spacial score (nSPS) is 10.6. The lowest BCUT2D eigenvalue weighted by Crippen LogP contribution is -2.04. The van der Waals surface area contributed by atoms with Gasteiger partial charge in [-0.1, -0.05) is 15.9 Å². The number of hydrogen-bond acceptors (Lipinski definition) is 1. The second kappa shape index (κ2) is 4.00. The van der Waals surface area contributed by atoms with Crippen molar-refractivity contribution in [1.82, 2.24) is 0 Å². The first-order valence-corrected chi connectivity index (χ1v) is 4.20. The van der Waals surface area contributed by atoms with Crippen LogP contribution in [-0.4, -0.2) is 6.61 Å². The minimum absolute atomic E-state index is 0.255. The molecule has 72 valence electrons. The minimum Gasteiger partial charge on any atom is -0.432 e. The van der Waals surface area contributed by atoms with Crippen molar-refractivity contribution in [3.05, 3.63) is 28.0 Å². The average Bonchev–Trinajstić information content (AvgIpc) is 1.98. The van der Waals surface area contributed by atoms with Crippen LogP contribution in [0, 0.1) is 12.7 Å². The van der Waals surface area contributed by atoms with Crippen LogP contribution in [0.5, 0.6) is 5.75 Å². The fourth-order valence-corrected chi connectivity index (χ4v) is 1.43. The summed E-state index contributed by atoms with van der Waals surface area (Å²) < 4.78 is 41.1. The molecule has 0 saturated heterocycles. The molecular weight excluding hydrogens is 249 g/mol. The van der Waals surface area contributed by atoms with Crippen molar-refractivity contribution in [3.8, 4) is 5.75 Å². The third kappa shape index (κ3) is 2.62. The van der Waals surface area contributed by atoms with E-state index in [2.05, 4.69) is 20.7 Å². The molecule has 0 amide bonds. The summed E-state index contributed by atoms with van der Waals surface area (Å²) >= 11 is 3.05. The lowest BCUT2D eigenvalue weighted by atomic mass is 10.2. The maximum Gasteiger partial charge on any atom is 0.387 e. The van der Waals surface area contributed by atoms with Gasteiger partial charge >= 0.3 is 6.61 Å². The van der Waals surface area contributed by atoms with Gasteiger partial charge in [-0.3, -0.25) is 0 Å². The Morgan fingerprint density at radius 1 is 1.38 bits per heavy atom. The zero-order chi connectivity index (χ0) is 10.0. The van der Waals surface area contributed by atoms with Crippen LogP contribution in [0.4, 0.5) is 13.2 Å². The number of hydrogen-bond donors (Lipinski definition) is 0. The molecule has 0 aliphatic carbocycles. The number of alkyl halides is 2. The predicted molar refractivity (Wildman–Crippen MR) is 45.5 cm³/mol. The summed E-state index contributed by atoms with van der Waals surface area (Å²) in [7, 11) is 0. The molecule has 0 aromatic heterocycles. The number of rotatable bonds is 2. The van der Waals surface area contributed by atoms with E-state index in [0.29, 0.717) is 4.47 Å². The molecule has 5 heteroatoms. The molecule has 1 aromatic rings. The number of halogens is 4. The lowest BCUT2D eigenvalue weighted by molar-refractivity contribution is -0.0522. The fraction of sp³-hybridized carbons (Fsp3) is 0.250. The Hall–Kier alpha value is -0.710. The molecule has 13 heavy (non-hydrogen) atoms. The van der Waals surface area contributed by atoms with Crippen LogP contribution < -0.4 is 4.74 Å². The van der Waals surface area contributed by atoms with E-state index in [1.165, 1.54) is 13.0 Å². The topological polar surface area (TPSA) is 9.23 Å². The smallest absolute Gasteiger partial charge is 0.387 e. The van der Waals surface area contributed by atoms with Crippen molar-refractivity contribution in [1.29, 1.82) is 0 Å². The molecule has 1 aromatic carbocycles. The van der Waals surface area contributed by atoms with Crippen molar-refractivity contribution >= 4 is 15.9 Å². The maximum atomic E-state index is 13.1. The van der Waals surface area contributed by atoms with Crippen LogP contribution in [0.1, 0.15) is 5.56 Å².